The molecule has 0 radical (unpaired) electrons. The Balaban J connectivity index is 2.47. The van der Waals surface area contributed by atoms with Gasteiger partial charge in [0.1, 0.15) is 5.75 Å². The number of ether oxygens (including phenoxy) is 2. The lowest BCUT2D eigenvalue weighted by Crippen LogP contribution is -2.22. The zero-order chi connectivity index (χ0) is 12.5. The van der Waals surface area contributed by atoms with Crippen molar-refractivity contribution in [3.05, 3.63) is 29.8 Å². The van der Waals surface area contributed by atoms with E-state index in [1.165, 1.54) is 5.56 Å². The van der Waals surface area contributed by atoms with E-state index in [9.17, 15) is 0 Å². The highest BCUT2D eigenvalue weighted by atomic mass is 16.5. The van der Waals surface area contributed by atoms with Crippen LogP contribution in [0.15, 0.2) is 24.3 Å². The van der Waals surface area contributed by atoms with Crippen LogP contribution in [-0.4, -0.2) is 27.4 Å². The second-order valence-corrected chi connectivity index (χ2v) is 4.03. The summed E-state index contributed by atoms with van der Waals surface area (Å²) in [4.78, 5) is 0. The van der Waals surface area contributed by atoms with Crippen LogP contribution in [0.5, 0.6) is 5.75 Å². The normalized spacial score (nSPS) is 12.4. The third-order valence-electron chi connectivity index (χ3n) is 2.84. The number of hydrogen-bond acceptors (Lipinski definition) is 3. The maximum absolute atomic E-state index is 5.16. The van der Waals surface area contributed by atoms with E-state index < -0.39 is 0 Å². The second kappa shape index (κ2) is 8.09. The molecule has 0 aliphatic rings. The predicted molar refractivity (Wildman–Crippen MR) is 70.5 cm³/mol. The molecular weight excluding hydrogens is 214 g/mol. The van der Waals surface area contributed by atoms with Crippen LogP contribution in [0.1, 0.15) is 31.4 Å². The van der Waals surface area contributed by atoms with E-state index in [4.69, 9.17) is 9.47 Å². The van der Waals surface area contributed by atoms with Crippen LogP contribution in [0, 0.1) is 0 Å². The smallest absolute Gasteiger partial charge is 0.118 e. The van der Waals surface area contributed by atoms with Crippen molar-refractivity contribution >= 4 is 0 Å². The number of methoxy groups -OCH3 is 2. The van der Waals surface area contributed by atoms with Gasteiger partial charge in [-0.3, -0.25) is 0 Å². The van der Waals surface area contributed by atoms with Gasteiger partial charge in [0.15, 0.2) is 0 Å². The van der Waals surface area contributed by atoms with Crippen LogP contribution in [0.4, 0.5) is 0 Å². The Morgan fingerprint density at radius 2 is 1.88 bits per heavy atom. The topological polar surface area (TPSA) is 30.5 Å². The Hall–Kier alpha value is -1.06. The van der Waals surface area contributed by atoms with E-state index in [1.54, 1.807) is 14.2 Å². The summed E-state index contributed by atoms with van der Waals surface area (Å²) >= 11 is 0. The van der Waals surface area contributed by atoms with Gasteiger partial charge in [-0.25, -0.2) is 0 Å². The molecule has 0 bridgehead atoms. The molecule has 3 nitrogen and oxygen atoms in total. The van der Waals surface area contributed by atoms with Gasteiger partial charge in [-0.2, -0.15) is 0 Å². The number of nitrogens with one attached hydrogen (secondary N) is 1. The molecular formula is C14H23NO2. The molecule has 17 heavy (non-hydrogen) atoms. The molecule has 1 aromatic rings. The summed E-state index contributed by atoms with van der Waals surface area (Å²) in [5.74, 6) is 0.906. The van der Waals surface area contributed by atoms with E-state index in [0.29, 0.717) is 6.04 Å². The molecule has 0 aromatic heterocycles. The van der Waals surface area contributed by atoms with Crippen LogP contribution >= 0.6 is 0 Å². The van der Waals surface area contributed by atoms with E-state index >= 15 is 0 Å². The third kappa shape index (κ3) is 4.75. The molecule has 0 amide bonds. The van der Waals surface area contributed by atoms with Gasteiger partial charge < -0.3 is 14.8 Å². The summed E-state index contributed by atoms with van der Waals surface area (Å²) in [6, 6.07) is 8.67. The van der Waals surface area contributed by atoms with Crippen molar-refractivity contribution < 1.29 is 9.47 Å². The maximum atomic E-state index is 5.16. The second-order valence-electron chi connectivity index (χ2n) is 4.03. The lowest BCUT2D eigenvalue weighted by molar-refractivity contribution is 0.193. The zero-order valence-corrected chi connectivity index (χ0v) is 11.0. The van der Waals surface area contributed by atoms with Gasteiger partial charge in [-0.05, 0) is 37.1 Å². The molecule has 0 spiro atoms. The molecule has 1 rings (SSSR count). The van der Waals surface area contributed by atoms with Crippen molar-refractivity contribution in [2.75, 3.05) is 27.4 Å². The molecule has 1 atom stereocenters. The average Bonchev–Trinajstić information content (AvgIpc) is 2.39. The van der Waals surface area contributed by atoms with E-state index in [0.717, 1.165) is 31.7 Å². The van der Waals surface area contributed by atoms with Gasteiger partial charge in [0.2, 0.25) is 0 Å². The molecule has 3 heteroatoms. The van der Waals surface area contributed by atoms with Crippen LogP contribution in [0.3, 0.4) is 0 Å². The Kier molecular flexibility index (Phi) is 6.67. The summed E-state index contributed by atoms with van der Waals surface area (Å²) in [6.45, 7) is 3.99. The Morgan fingerprint density at radius 3 is 2.41 bits per heavy atom. The molecule has 0 fully saturated rings. The van der Waals surface area contributed by atoms with Crippen LogP contribution in [0.25, 0.3) is 0 Å². The standard InChI is InChI=1S/C14H23NO2/c1-4-14(15-10-5-11-16-2)12-6-8-13(17-3)9-7-12/h6-9,14-15H,4-5,10-11H2,1-3H3. The molecule has 0 saturated heterocycles. The van der Waals surface area contributed by atoms with Crippen molar-refractivity contribution in [3.8, 4) is 5.75 Å². The zero-order valence-electron chi connectivity index (χ0n) is 11.0. The van der Waals surface area contributed by atoms with Gasteiger partial charge in [0.05, 0.1) is 7.11 Å². The predicted octanol–water partition coefficient (Wildman–Crippen LogP) is 2.77. The first-order valence-electron chi connectivity index (χ1n) is 6.18. The van der Waals surface area contributed by atoms with E-state index in [2.05, 4.69) is 24.4 Å². The third-order valence-corrected chi connectivity index (χ3v) is 2.84. The fraction of sp³-hybridized carbons (Fsp3) is 0.571. The minimum atomic E-state index is 0.415. The first-order valence-corrected chi connectivity index (χ1v) is 6.18. The molecule has 0 aliphatic heterocycles. The Labute approximate surface area is 104 Å². The van der Waals surface area contributed by atoms with Gasteiger partial charge >= 0.3 is 0 Å². The lowest BCUT2D eigenvalue weighted by atomic mass is 10.0. The summed E-state index contributed by atoms with van der Waals surface area (Å²) in [6.07, 6.45) is 2.13. The molecule has 0 saturated carbocycles. The fourth-order valence-corrected chi connectivity index (χ4v) is 1.83. The molecule has 1 unspecified atom stereocenters. The minimum Gasteiger partial charge on any atom is -0.497 e. The summed E-state index contributed by atoms with van der Waals surface area (Å²) in [5, 5.41) is 3.54. The van der Waals surface area contributed by atoms with E-state index in [-0.39, 0.29) is 0 Å². The largest absolute Gasteiger partial charge is 0.497 e. The fourth-order valence-electron chi connectivity index (χ4n) is 1.83. The monoisotopic (exact) mass is 237 g/mol. The molecule has 1 aromatic carbocycles. The lowest BCUT2D eigenvalue weighted by Gasteiger charge is -2.17. The van der Waals surface area contributed by atoms with Gasteiger partial charge in [-0.15, -0.1) is 0 Å². The van der Waals surface area contributed by atoms with E-state index in [1.807, 2.05) is 12.1 Å². The highest BCUT2D eigenvalue weighted by Gasteiger charge is 2.07. The van der Waals surface area contributed by atoms with Crippen molar-refractivity contribution in [2.45, 2.75) is 25.8 Å². The Morgan fingerprint density at radius 1 is 1.18 bits per heavy atom. The SMILES string of the molecule is CCC(NCCCOC)c1ccc(OC)cc1. The average molecular weight is 237 g/mol. The van der Waals surface area contributed by atoms with Crippen LogP contribution < -0.4 is 10.1 Å². The van der Waals surface area contributed by atoms with Crippen LogP contribution in [0.2, 0.25) is 0 Å². The minimum absolute atomic E-state index is 0.415. The van der Waals surface area contributed by atoms with Gasteiger partial charge in [0.25, 0.3) is 0 Å². The van der Waals surface area contributed by atoms with Crippen molar-refractivity contribution in [1.29, 1.82) is 0 Å². The summed E-state index contributed by atoms with van der Waals surface area (Å²) in [5.41, 5.74) is 1.31. The quantitative estimate of drug-likeness (QED) is 0.705. The molecule has 0 heterocycles. The maximum Gasteiger partial charge on any atom is 0.118 e. The molecule has 0 aliphatic carbocycles. The van der Waals surface area contributed by atoms with Crippen molar-refractivity contribution in [2.24, 2.45) is 0 Å². The van der Waals surface area contributed by atoms with Crippen LogP contribution in [-0.2, 0) is 4.74 Å². The first kappa shape index (κ1) is 14.0. The van der Waals surface area contributed by atoms with Crippen molar-refractivity contribution in [1.82, 2.24) is 5.32 Å². The van der Waals surface area contributed by atoms with Crippen molar-refractivity contribution in [3.63, 3.8) is 0 Å². The highest BCUT2D eigenvalue weighted by molar-refractivity contribution is 5.29. The molecule has 96 valence electrons. The number of rotatable bonds is 8. The Bertz CT molecular complexity index is 298. The van der Waals surface area contributed by atoms with Gasteiger partial charge in [-0.1, -0.05) is 19.1 Å². The number of hydrogen-bond donors (Lipinski definition) is 1. The summed E-state index contributed by atoms with van der Waals surface area (Å²) in [7, 11) is 3.43. The van der Waals surface area contributed by atoms with Gasteiger partial charge in [0, 0.05) is 19.8 Å². The molecule has 1 N–H and O–H groups in total. The summed E-state index contributed by atoms with van der Waals surface area (Å²) < 4.78 is 10.2. The first-order chi connectivity index (χ1) is 8.31. The highest BCUT2D eigenvalue weighted by Crippen LogP contribution is 2.19. The number of benzene rings is 1.